The van der Waals surface area contributed by atoms with E-state index in [1.165, 1.54) is 0 Å². The second kappa shape index (κ2) is 7.08. The van der Waals surface area contributed by atoms with Crippen LogP contribution in [0.25, 0.3) is 6.08 Å². The van der Waals surface area contributed by atoms with Crippen LogP contribution in [-0.4, -0.2) is 24.7 Å². The van der Waals surface area contributed by atoms with Gasteiger partial charge in [0.25, 0.3) is 5.91 Å². The molecule has 0 unspecified atom stereocenters. The van der Waals surface area contributed by atoms with E-state index in [0.29, 0.717) is 28.9 Å². The predicted octanol–water partition coefficient (Wildman–Crippen LogP) is 2.22. The fraction of sp³-hybridized carbons (Fsp3) is 0.333. The smallest absolute Gasteiger partial charge is 0.273 e. The average molecular weight is 306 g/mol. The highest BCUT2D eigenvalue weighted by atomic mass is 32.1. The summed E-state index contributed by atoms with van der Waals surface area (Å²) in [6.07, 6.45) is 3.79. The molecule has 2 N–H and O–H groups in total. The Kier molecular flexibility index (Phi) is 5.16. The zero-order chi connectivity index (χ0) is 15.2. The van der Waals surface area contributed by atoms with Gasteiger partial charge in [-0.1, -0.05) is 19.4 Å². The molecule has 0 radical (unpaired) electrons. The van der Waals surface area contributed by atoms with Crippen molar-refractivity contribution in [3.63, 3.8) is 0 Å². The minimum atomic E-state index is -0.234. The monoisotopic (exact) mass is 306 g/mol. The standard InChI is InChI=1S/C15H18N2O3S/c1-3-4-7-20-12-6-5-10(9-13(12)19-2)8-11-14(18)17-15(21)16-11/h5-6,8-9H,3-4,7H2,1-2H3,(H2,16,17,18,21)/b11-8-. The molecule has 1 amide bonds. The summed E-state index contributed by atoms with van der Waals surface area (Å²) in [5.41, 5.74) is 1.25. The van der Waals surface area contributed by atoms with E-state index < -0.39 is 0 Å². The van der Waals surface area contributed by atoms with Gasteiger partial charge in [-0.15, -0.1) is 0 Å². The molecule has 0 aliphatic carbocycles. The first-order chi connectivity index (χ1) is 10.1. The molecule has 21 heavy (non-hydrogen) atoms. The van der Waals surface area contributed by atoms with Crippen molar-refractivity contribution in [2.75, 3.05) is 13.7 Å². The molecule has 2 rings (SSSR count). The van der Waals surface area contributed by atoms with E-state index >= 15 is 0 Å². The third-order valence-electron chi connectivity index (χ3n) is 2.97. The van der Waals surface area contributed by atoms with Crippen LogP contribution in [0.5, 0.6) is 11.5 Å². The van der Waals surface area contributed by atoms with Crippen molar-refractivity contribution in [3.8, 4) is 11.5 Å². The van der Waals surface area contributed by atoms with Crippen LogP contribution in [0.15, 0.2) is 23.9 Å². The van der Waals surface area contributed by atoms with Crippen LogP contribution in [0.3, 0.4) is 0 Å². The summed E-state index contributed by atoms with van der Waals surface area (Å²) in [7, 11) is 1.59. The number of rotatable bonds is 6. The van der Waals surface area contributed by atoms with Crippen molar-refractivity contribution < 1.29 is 14.3 Å². The van der Waals surface area contributed by atoms with Crippen LogP contribution in [0.2, 0.25) is 0 Å². The quantitative estimate of drug-likeness (QED) is 0.479. The molecule has 1 saturated heterocycles. The van der Waals surface area contributed by atoms with Crippen molar-refractivity contribution in [1.29, 1.82) is 0 Å². The number of carbonyl (C=O) groups excluding carboxylic acids is 1. The largest absolute Gasteiger partial charge is 0.493 e. The second-order valence-corrected chi connectivity index (χ2v) is 4.99. The van der Waals surface area contributed by atoms with Crippen molar-refractivity contribution in [2.24, 2.45) is 0 Å². The van der Waals surface area contributed by atoms with E-state index in [-0.39, 0.29) is 5.91 Å². The van der Waals surface area contributed by atoms with Crippen LogP contribution in [-0.2, 0) is 4.79 Å². The maximum atomic E-state index is 11.6. The number of ether oxygens (including phenoxy) is 2. The Labute approximate surface area is 129 Å². The molecule has 0 atom stereocenters. The zero-order valence-electron chi connectivity index (χ0n) is 12.1. The summed E-state index contributed by atoms with van der Waals surface area (Å²) < 4.78 is 11.0. The lowest BCUT2D eigenvalue weighted by Crippen LogP contribution is -2.21. The lowest BCUT2D eigenvalue weighted by atomic mass is 10.1. The molecule has 1 heterocycles. The Bertz CT molecular complexity index is 584. The number of amides is 1. The molecule has 1 aromatic rings. The number of carbonyl (C=O) groups is 1. The number of hydrogen-bond donors (Lipinski definition) is 2. The van der Waals surface area contributed by atoms with Crippen LogP contribution in [0.4, 0.5) is 0 Å². The van der Waals surface area contributed by atoms with Gasteiger partial charge in [-0.3, -0.25) is 10.1 Å². The zero-order valence-corrected chi connectivity index (χ0v) is 12.9. The van der Waals surface area contributed by atoms with Crippen molar-refractivity contribution >= 4 is 29.3 Å². The molecule has 1 aliphatic heterocycles. The van der Waals surface area contributed by atoms with Crippen LogP contribution >= 0.6 is 12.2 Å². The predicted molar refractivity (Wildman–Crippen MR) is 85.3 cm³/mol. The molecule has 1 aliphatic rings. The Morgan fingerprint density at radius 2 is 2.10 bits per heavy atom. The highest BCUT2D eigenvalue weighted by molar-refractivity contribution is 7.80. The molecule has 5 nitrogen and oxygen atoms in total. The highest BCUT2D eigenvalue weighted by Crippen LogP contribution is 2.29. The minimum absolute atomic E-state index is 0.234. The first-order valence-electron chi connectivity index (χ1n) is 6.79. The number of nitrogens with one attached hydrogen (secondary N) is 2. The molecule has 0 aromatic heterocycles. The van der Waals surface area contributed by atoms with Gasteiger partial charge in [-0.05, 0) is 42.4 Å². The maximum absolute atomic E-state index is 11.6. The topological polar surface area (TPSA) is 59.6 Å². The Hall–Kier alpha value is -2.08. The van der Waals surface area contributed by atoms with Crippen molar-refractivity contribution in [1.82, 2.24) is 10.6 Å². The number of thiocarbonyl (C=S) groups is 1. The third kappa shape index (κ3) is 3.95. The first-order valence-corrected chi connectivity index (χ1v) is 7.19. The maximum Gasteiger partial charge on any atom is 0.273 e. The molecule has 1 fully saturated rings. The van der Waals surface area contributed by atoms with E-state index in [1.54, 1.807) is 13.2 Å². The number of methoxy groups -OCH3 is 1. The molecule has 0 bridgehead atoms. The van der Waals surface area contributed by atoms with Gasteiger partial charge in [0.1, 0.15) is 5.70 Å². The number of hydrogen-bond acceptors (Lipinski definition) is 4. The Morgan fingerprint density at radius 3 is 2.71 bits per heavy atom. The number of benzene rings is 1. The van der Waals surface area contributed by atoms with Gasteiger partial charge in [0.05, 0.1) is 13.7 Å². The third-order valence-corrected chi connectivity index (χ3v) is 3.18. The second-order valence-electron chi connectivity index (χ2n) is 4.58. The molecular weight excluding hydrogens is 288 g/mol. The molecular formula is C15H18N2O3S. The summed E-state index contributed by atoms with van der Waals surface area (Å²) in [5.74, 6) is 1.11. The summed E-state index contributed by atoms with van der Waals surface area (Å²) in [6.45, 7) is 2.77. The normalized spacial score (nSPS) is 15.8. The lowest BCUT2D eigenvalue weighted by molar-refractivity contribution is -0.115. The summed E-state index contributed by atoms with van der Waals surface area (Å²) in [5, 5.41) is 5.64. The lowest BCUT2D eigenvalue weighted by Gasteiger charge is -2.11. The van der Waals surface area contributed by atoms with E-state index in [1.807, 2.05) is 18.2 Å². The Morgan fingerprint density at radius 1 is 1.29 bits per heavy atom. The van der Waals surface area contributed by atoms with E-state index in [2.05, 4.69) is 17.6 Å². The minimum Gasteiger partial charge on any atom is -0.493 e. The van der Waals surface area contributed by atoms with Gasteiger partial charge in [0.15, 0.2) is 16.6 Å². The van der Waals surface area contributed by atoms with Gasteiger partial charge in [-0.2, -0.15) is 0 Å². The van der Waals surface area contributed by atoms with Crippen molar-refractivity contribution in [2.45, 2.75) is 19.8 Å². The summed E-state index contributed by atoms with van der Waals surface area (Å²) in [6, 6.07) is 5.53. The molecule has 6 heteroatoms. The molecule has 112 valence electrons. The van der Waals surface area contributed by atoms with Crippen LogP contribution < -0.4 is 20.1 Å². The fourth-order valence-electron chi connectivity index (χ4n) is 1.87. The van der Waals surface area contributed by atoms with Crippen molar-refractivity contribution in [3.05, 3.63) is 29.5 Å². The fourth-order valence-corrected chi connectivity index (χ4v) is 2.07. The van der Waals surface area contributed by atoms with Gasteiger partial charge >= 0.3 is 0 Å². The average Bonchev–Trinajstić information content (AvgIpc) is 2.78. The summed E-state index contributed by atoms with van der Waals surface area (Å²) in [4.78, 5) is 11.6. The molecule has 0 saturated carbocycles. The van der Waals surface area contributed by atoms with Crippen LogP contribution in [0.1, 0.15) is 25.3 Å². The van der Waals surface area contributed by atoms with Crippen LogP contribution in [0, 0.1) is 0 Å². The Balaban J connectivity index is 2.17. The molecule has 0 spiro atoms. The SMILES string of the molecule is CCCCOc1ccc(/C=C2\NC(=S)NC2=O)cc1OC. The number of unbranched alkanes of at least 4 members (excludes halogenated alkanes) is 1. The van der Waals surface area contributed by atoms with E-state index in [9.17, 15) is 4.79 Å². The van der Waals surface area contributed by atoms with Gasteiger partial charge in [0, 0.05) is 0 Å². The van der Waals surface area contributed by atoms with Gasteiger partial charge in [-0.25, -0.2) is 0 Å². The van der Waals surface area contributed by atoms with E-state index in [0.717, 1.165) is 18.4 Å². The highest BCUT2D eigenvalue weighted by Gasteiger charge is 2.20. The van der Waals surface area contributed by atoms with Gasteiger partial charge < -0.3 is 14.8 Å². The van der Waals surface area contributed by atoms with E-state index in [4.69, 9.17) is 21.7 Å². The summed E-state index contributed by atoms with van der Waals surface area (Å²) >= 11 is 4.89. The van der Waals surface area contributed by atoms with Gasteiger partial charge in [0.2, 0.25) is 0 Å². The molecule has 1 aromatic carbocycles. The first kappa shape index (κ1) is 15.3.